The van der Waals surface area contributed by atoms with Crippen molar-refractivity contribution in [1.29, 1.82) is 0 Å². The molecule has 0 spiro atoms. The fraction of sp³-hybridized carbons (Fsp3) is 0.286. The zero-order valence-electron chi connectivity index (χ0n) is 13.7. The van der Waals surface area contributed by atoms with Crippen LogP contribution in [0.4, 0.5) is 0 Å². The van der Waals surface area contributed by atoms with Crippen LogP contribution < -0.4 is 0 Å². The van der Waals surface area contributed by atoms with E-state index >= 15 is 0 Å². The van der Waals surface area contributed by atoms with Gasteiger partial charge in [-0.3, -0.25) is 0 Å². The highest BCUT2D eigenvalue weighted by molar-refractivity contribution is 6.12. The van der Waals surface area contributed by atoms with Crippen LogP contribution in [0.15, 0.2) is 66.2 Å². The van der Waals surface area contributed by atoms with E-state index in [1.807, 2.05) is 0 Å². The smallest absolute Gasteiger partial charge is 0.210 e. The van der Waals surface area contributed by atoms with E-state index in [2.05, 4.69) is 71.3 Å². The lowest BCUT2D eigenvalue weighted by molar-refractivity contribution is -0.520. The lowest BCUT2D eigenvalue weighted by atomic mass is 10.00. The highest BCUT2D eigenvalue weighted by atomic mass is 16.5. The van der Waals surface area contributed by atoms with E-state index in [-0.39, 0.29) is 0 Å². The molecular formula is C21H24NO+. The Morgan fingerprint density at radius 1 is 1.00 bits per heavy atom. The van der Waals surface area contributed by atoms with Crippen molar-refractivity contribution in [2.75, 3.05) is 26.8 Å². The van der Waals surface area contributed by atoms with Gasteiger partial charge >= 0.3 is 0 Å². The first-order chi connectivity index (χ1) is 11.4. The van der Waals surface area contributed by atoms with Crippen molar-refractivity contribution in [3.8, 4) is 0 Å². The van der Waals surface area contributed by atoms with Crippen LogP contribution in [0.25, 0.3) is 6.08 Å². The molecule has 0 saturated carbocycles. The Hall–Kier alpha value is -2.19. The molecule has 3 rings (SSSR count). The minimum Gasteiger partial charge on any atom is -0.384 e. The summed E-state index contributed by atoms with van der Waals surface area (Å²) in [5, 5.41) is 0. The quantitative estimate of drug-likeness (QED) is 0.580. The molecule has 2 aromatic carbocycles. The molecule has 0 bridgehead atoms. The number of rotatable bonds is 6. The van der Waals surface area contributed by atoms with Gasteiger partial charge in [-0.1, -0.05) is 48.5 Å². The molecule has 2 nitrogen and oxygen atoms in total. The van der Waals surface area contributed by atoms with Gasteiger partial charge < -0.3 is 4.74 Å². The predicted molar refractivity (Wildman–Crippen MR) is 96.1 cm³/mol. The first kappa shape index (κ1) is 15.7. The van der Waals surface area contributed by atoms with Gasteiger partial charge in [0.1, 0.15) is 13.1 Å². The number of methoxy groups -OCH3 is 1. The van der Waals surface area contributed by atoms with E-state index in [9.17, 15) is 0 Å². The third-order valence-corrected chi connectivity index (χ3v) is 4.24. The second-order valence-corrected chi connectivity index (χ2v) is 5.88. The Labute approximate surface area is 138 Å². The minimum absolute atomic E-state index is 0.816. The number of hydrogen-bond acceptors (Lipinski definition) is 1. The molecule has 2 heteroatoms. The van der Waals surface area contributed by atoms with Gasteiger partial charge in [-0.15, -0.1) is 0 Å². The molecule has 2 aromatic rings. The van der Waals surface area contributed by atoms with E-state index < -0.39 is 0 Å². The molecule has 0 saturated heterocycles. The van der Waals surface area contributed by atoms with Crippen molar-refractivity contribution < 1.29 is 9.31 Å². The minimum atomic E-state index is 0.816. The monoisotopic (exact) mass is 306 g/mol. The van der Waals surface area contributed by atoms with Crippen molar-refractivity contribution in [2.45, 2.75) is 12.8 Å². The van der Waals surface area contributed by atoms with E-state index in [1.165, 1.54) is 22.4 Å². The van der Waals surface area contributed by atoms with Gasteiger partial charge in [0, 0.05) is 31.1 Å². The van der Waals surface area contributed by atoms with Gasteiger partial charge in [-0.2, -0.15) is 0 Å². The van der Waals surface area contributed by atoms with Crippen LogP contribution in [-0.2, 0) is 4.74 Å². The first-order valence-corrected chi connectivity index (χ1v) is 8.31. The van der Waals surface area contributed by atoms with Crippen molar-refractivity contribution in [3.05, 3.63) is 77.4 Å². The number of ether oxygens (including phenoxy) is 1. The average molecular weight is 306 g/mol. The molecule has 1 heterocycles. The van der Waals surface area contributed by atoms with E-state index in [0.717, 1.165) is 32.5 Å². The summed E-state index contributed by atoms with van der Waals surface area (Å²) in [6, 6.07) is 21.3. The normalized spacial score (nSPS) is 16.3. The van der Waals surface area contributed by atoms with E-state index in [0.29, 0.717) is 0 Å². The average Bonchev–Trinajstić information content (AvgIpc) is 2.99. The van der Waals surface area contributed by atoms with Gasteiger partial charge in [0.15, 0.2) is 0 Å². The second-order valence-electron chi connectivity index (χ2n) is 5.88. The number of nitrogens with zero attached hydrogens (tertiary/aromatic N) is 1. The molecule has 0 amide bonds. The largest absolute Gasteiger partial charge is 0.384 e. The van der Waals surface area contributed by atoms with Crippen LogP contribution in [0.3, 0.4) is 0 Å². The number of benzene rings is 2. The van der Waals surface area contributed by atoms with E-state index in [1.54, 1.807) is 7.11 Å². The molecule has 0 fully saturated rings. The van der Waals surface area contributed by atoms with Crippen molar-refractivity contribution in [1.82, 2.24) is 0 Å². The predicted octanol–water partition coefficient (Wildman–Crippen LogP) is 4.01. The summed E-state index contributed by atoms with van der Waals surface area (Å²) in [5.41, 5.74) is 5.39. The maximum absolute atomic E-state index is 5.21. The SMILES string of the molecule is COCCC[N+]1=C(c2ccccc2)/C(=C/c2ccccc2)CC1. The fourth-order valence-corrected chi connectivity index (χ4v) is 3.17. The lowest BCUT2D eigenvalue weighted by Crippen LogP contribution is -2.19. The van der Waals surface area contributed by atoms with Crippen LogP contribution in [-0.4, -0.2) is 37.1 Å². The van der Waals surface area contributed by atoms with Gasteiger partial charge in [0.25, 0.3) is 0 Å². The molecule has 0 radical (unpaired) electrons. The Morgan fingerprint density at radius 2 is 1.70 bits per heavy atom. The molecule has 1 aliphatic rings. The standard InChI is InChI=1S/C21H24NO/c1-23-16-8-14-22-15-13-20(17-18-9-4-2-5-10-18)21(22)19-11-6-3-7-12-19/h2-7,9-12,17H,8,13-16H2,1H3/q+1/b20-17+. The van der Waals surface area contributed by atoms with Crippen molar-refractivity contribution in [2.24, 2.45) is 0 Å². The molecule has 0 aliphatic carbocycles. The topological polar surface area (TPSA) is 12.2 Å². The molecule has 23 heavy (non-hydrogen) atoms. The Kier molecular flexibility index (Phi) is 5.38. The third-order valence-electron chi connectivity index (χ3n) is 4.24. The van der Waals surface area contributed by atoms with Crippen molar-refractivity contribution in [3.63, 3.8) is 0 Å². The molecule has 0 unspecified atom stereocenters. The van der Waals surface area contributed by atoms with Gasteiger partial charge in [-0.05, 0) is 23.8 Å². The highest BCUT2D eigenvalue weighted by Gasteiger charge is 2.28. The summed E-state index contributed by atoms with van der Waals surface area (Å²) < 4.78 is 7.72. The van der Waals surface area contributed by atoms with Crippen LogP contribution >= 0.6 is 0 Å². The molecule has 118 valence electrons. The summed E-state index contributed by atoms with van der Waals surface area (Å²) in [5.74, 6) is 0. The molecule has 1 aliphatic heterocycles. The third kappa shape index (κ3) is 3.96. The number of hydrogen-bond donors (Lipinski definition) is 0. The van der Waals surface area contributed by atoms with Gasteiger partial charge in [-0.25, -0.2) is 4.58 Å². The lowest BCUT2D eigenvalue weighted by Gasteiger charge is -2.04. The molecular weight excluding hydrogens is 282 g/mol. The summed E-state index contributed by atoms with van der Waals surface area (Å²) in [4.78, 5) is 0. The van der Waals surface area contributed by atoms with Crippen LogP contribution in [0, 0.1) is 0 Å². The van der Waals surface area contributed by atoms with Crippen LogP contribution in [0.5, 0.6) is 0 Å². The Morgan fingerprint density at radius 3 is 2.39 bits per heavy atom. The van der Waals surface area contributed by atoms with Gasteiger partial charge in [0.2, 0.25) is 5.71 Å². The zero-order valence-corrected chi connectivity index (χ0v) is 13.7. The van der Waals surface area contributed by atoms with Gasteiger partial charge in [0.05, 0.1) is 6.61 Å². The molecule has 0 N–H and O–H groups in total. The summed E-state index contributed by atoms with van der Waals surface area (Å²) >= 11 is 0. The van der Waals surface area contributed by atoms with Crippen molar-refractivity contribution >= 4 is 11.8 Å². The molecule has 0 aromatic heterocycles. The summed E-state index contributed by atoms with van der Waals surface area (Å²) in [7, 11) is 1.77. The van der Waals surface area contributed by atoms with E-state index in [4.69, 9.17) is 4.74 Å². The maximum atomic E-state index is 5.21. The highest BCUT2D eigenvalue weighted by Crippen LogP contribution is 2.22. The second kappa shape index (κ2) is 7.89. The van der Waals surface area contributed by atoms with Crippen LogP contribution in [0.2, 0.25) is 0 Å². The zero-order chi connectivity index (χ0) is 15.9. The molecule has 0 atom stereocenters. The fourth-order valence-electron chi connectivity index (χ4n) is 3.17. The van der Waals surface area contributed by atoms with Crippen LogP contribution in [0.1, 0.15) is 24.0 Å². The Bertz CT molecular complexity index is 686. The maximum Gasteiger partial charge on any atom is 0.210 e. The Balaban J connectivity index is 1.95. The summed E-state index contributed by atoms with van der Waals surface area (Å²) in [6.45, 7) is 2.95. The summed E-state index contributed by atoms with van der Waals surface area (Å²) in [6.07, 6.45) is 4.50. The first-order valence-electron chi connectivity index (χ1n) is 8.31.